The molecule has 1 unspecified atom stereocenters. The predicted octanol–water partition coefficient (Wildman–Crippen LogP) is 2.19. The second kappa shape index (κ2) is 6.23. The fraction of sp³-hybridized carbons (Fsp3) is 0.438. The lowest BCUT2D eigenvalue weighted by Crippen LogP contribution is -2.47. The summed E-state index contributed by atoms with van der Waals surface area (Å²) < 4.78 is 38.6. The number of carbonyl (C=O) groups is 1. The molecule has 1 aromatic carbocycles. The maximum Gasteiger partial charge on any atom is 0.416 e. The van der Waals surface area contributed by atoms with E-state index in [4.69, 9.17) is 0 Å². The number of nitrogens with one attached hydrogen (secondary N) is 2. The summed E-state index contributed by atoms with van der Waals surface area (Å²) >= 11 is 0. The Balaban J connectivity index is 1.86. The Kier molecular flexibility index (Phi) is 4.30. The maximum absolute atomic E-state index is 12.9. The van der Waals surface area contributed by atoms with Crippen LogP contribution >= 0.6 is 0 Å². The lowest BCUT2D eigenvalue weighted by Gasteiger charge is -2.33. The summed E-state index contributed by atoms with van der Waals surface area (Å²) in [5.41, 5.74) is 0.288. The Labute approximate surface area is 132 Å². The standard InChI is InChI=1S/C16H18F3N3O/c17-16(18,19)12-3-1-2-11(8-12)14-9-22(15(10-23)21-14)13-4-6-20-7-5-13/h1-3,8-10,13,15,20-21H,4-7H2. The zero-order valence-electron chi connectivity index (χ0n) is 12.4. The summed E-state index contributed by atoms with van der Waals surface area (Å²) in [7, 11) is 0. The van der Waals surface area contributed by atoms with Crippen LogP contribution in [0.4, 0.5) is 13.2 Å². The highest BCUT2D eigenvalue weighted by molar-refractivity contribution is 5.72. The maximum atomic E-state index is 12.9. The Hall–Kier alpha value is -2.02. The number of benzene rings is 1. The molecule has 2 N–H and O–H groups in total. The van der Waals surface area contributed by atoms with Crippen LogP contribution < -0.4 is 10.6 Å². The van der Waals surface area contributed by atoms with Crippen molar-refractivity contribution in [2.45, 2.75) is 31.2 Å². The fourth-order valence-corrected chi connectivity index (χ4v) is 3.06. The van der Waals surface area contributed by atoms with E-state index in [-0.39, 0.29) is 6.04 Å². The van der Waals surface area contributed by atoms with Gasteiger partial charge in [0.25, 0.3) is 0 Å². The van der Waals surface area contributed by atoms with Crippen molar-refractivity contribution in [2.24, 2.45) is 0 Å². The second-order valence-corrected chi connectivity index (χ2v) is 5.77. The first-order valence-corrected chi connectivity index (χ1v) is 7.58. The van der Waals surface area contributed by atoms with Crippen molar-refractivity contribution in [3.63, 3.8) is 0 Å². The van der Waals surface area contributed by atoms with E-state index in [2.05, 4.69) is 10.6 Å². The minimum Gasteiger partial charge on any atom is -0.358 e. The average molecular weight is 325 g/mol. The monoisotopic (exact) mass is 325 g/mol. The number of halogens is 3. The van der Waals surface area contributed by atoms with Gasteiger partial charge >= 0.3 is 6.18 Å². The van der Waals surface area contributed by atoms with Gasteiger partial charge in [-0.2, -0.15) is 13.2 Å². The van der Waals surface area contributed by atoms with E-state index in [1.165, 1.54) is 6.07 Å². The predicted molar refractivity (Wildman–Crippen MR) is 80.1 cm³/mol. The number of piperidine rings is 1. The topological polar surface area (TPSA) is 44.4 Å². The van der Waals surface area contributed by atoms with Crippen LogP contribution in [0.3, 0.4) is 0 Å². The Morgan fingerprint density at radius 1 is 1.22 bits per heavy atom. The largest absolute Gasteiger partial charge is 0.416 e. The molecular weight excluding hydrogens is 307 g/mol. The summed E-state index contributed by atoms with van der Waals surface area (Å²) in [4.78, 5) is 13.3. The molecule has 0 aromatic heterocycles. The first kappa shape index (κ1) is 15.9. The molecule has 0 radical (unpaired) electrons. The van der Waals surface area contributed by atoms with Crippen LogP contribution in [0.5, 0.6) is 0 Å². The first-order valence-electron chi connectivity index (χ1n) is 7.58. The van der Waals surface area contributed by atoms with Crippen molar-refractivity contribution in [1.29, 1.82) is 0 Å². The van der Waals surface area contributed by atoms with Gasteiger partial charge in [0.2, 0.25) is 0 Å². The lowest BCUT2D eigenvalue weighted by molar-refractivity contribution is -0.137. The number of hydrogen-bond donors (Lipinski definition) is 2. The number of alkyl halides is 3. The van der Waals surface area contributed by atoms with Gasteiger partial charge in [-0.1, -0.05) is 12.1 Å². The molecule has 0 aliphatic carbocycles. The molecule has 0 amide bonds. The van der Waals surface area contributed by atoms with E-state index >= 15 is 0 Å². The highest BCUT2D eigenvalue weighted by atomic mass is 19.4. The Bertz CT molecular complexity index is 609. The lowest BCUT2D eigenvalue weighted by atomic mass is 10.0. The van der Waals surface area contributed by atoms with Crippen molar-refractivity contribution < 1.29 is 18.0 Å². The summed E-state index contributed by atoms with van der Waals surface area (Å²) in [5.74, 6) is 0. The number of aldehydes is 1. The van der Waals surface area contributed by atoms with Crippen LogP contribution in [0, 0.1) is 0 Å². The van der Waals surface area contributed by atoms with Crippen molar-refractivity contribution in [1.82, 2.24) is 15.5 Å². The van der Waals surface area contributed by atoms with Gasteiger partial charge in [0.05, 0.1) is 11.3 Å². The Morgan fingerprint density at radius 3 is 2.61 bits per heavy atom. The van der Waals surface area contributed by atoms with Gasteiger partial charge < -0.3 is 15.5 Å². The van der Waals surface area contributed by atoms with E-state index in [0.717, 1.165) is 44.4 Å². The zero-order valence-corrected chi connectivity index (χ0v) is 12.4. The molecule has 3 rings (SSSR count). The van der Waals surface area contributed by atoms with Gasteiger partial charge in [0, 0.05) is 12.2 Å². The zero-order chi connectivity index (χ0) is 16.4. The van der Waals surface area contributed by atoms with E-state index in [1.54, 1.807) is 12.3 Å². The molecular formula is C16H18F3N3O. The normalized spacial score (nSPS) is 22.7. The molecule has 0 saturated carbocycles. The van der Waals surface area contributed by atoms with E-state index < -0.39 is 17.9 Å². The third-order valence-corrected chi connectivity index (χ3v) is 4.26. The number of hydrogen-bond acceptors (Lipinski definition) is 4. The molecule has 0 bridgehead atoms. The molecule has 1 fully saturated rings. The highest BCUT2D eigenvalue weighted by Crippen LogP contribution is 2.32. The smallest absolute Gasteiger partial charge is 0.358 e. The summed E-state index contributed by atoms with van der Waals surface area (Å²) in [6.07, 6.45) is -0.545. The van der Waals surface area contributed by atoms with E-state index in [0.29, 0.717) is 11.3 Å². The van der Waals surface area contributed by atoms with Crippen LogP contribution in [0.1, 0.15) is 24.0 Å². The summed E-state index contributed by atoms with van der Waals surface area (Å²) in [6, 6.07) is 5.35. The molecule has 0 spiro atoms. The number of rotatable bonds is 3. The first-order chi connectivity index (χ1) is 11.0. The Morgan fingerprint density at radius 2 is 1.96 bits per heavy atom. The summed E-state index contributed by atoms with van der Waals surface area (Å²) in [5, 5.41) is 6.27. The van der Waals surface area contributed by atoms with Gasteiger partial charge in [-0.25, -0.2) is 0 Å². The molecule has 4 nitrogen and oxygen atoms in total. The van der Waals surface area contributed by atoms with Crippen molar-refractivity contribution in [3.05, 3.63) is 41.6 Å². The van der Waals surface area contributed by atoms with E-state index in [9.17, 15) is 18.0 Å². The van der Waals surface area contributed by atoms with Crippen LogP contribution in [-0.4, -0.2) is 36.5 Å². The quantitative estimate of drug-likeness (QED) is 0.836. The van der Waals surface area contributed by atoms with Gasteiger partial charge in [-0.15, -0.1) is 0 Å². The average Bonchev–Trinajstić information content (AvgIpc) is 2.99. The van der Waals surface area contributed by atoms with E-state index in [1.807, 2.05) is 4.90 Å². The number of nitrogens with zero attached hydrogens (tertiary/aromatic N) is 1. The molecule has 2 heterocycles. The van der Waals surface area contributed by atoms with Crippen molar-refractivity contribution >= 4 is 12.0 Å². The fourth-order valence-electron chi connectivity index (χ4n) is 3.06. The van der Waals surface area contributed by atoms with Crippen molar-refractivity contribution in [2.75, 3.05) is 13.1 Å². The molecule has 2 aliphatic rings. The highest BCUT2D eigenvalue weighted by Gasteiger charge is 2.33. The van der Waals surface area contributed by atoms with Gasteiger partial charge in [0.15, 0.2) is 12.5 Å². The van der Waals surface area contributed by atoms with Crippen LogP contribution in [-0.2, 0) is 11.0 Å². The molecule has 1 aromatic rings. The SMILES string of the molecule is O=CC1NC(c2cccc(C(F)(F)F)c2)=CN1C1CCNCC1. The molecule has 1 atom stereocenters. The van der Waals surface area contributed by atoms with Gasteiger partial charge in [-0.05, 0) is 43.6 Å². The van der Waals surface area contributed by atoms with Crippen LogP contribution in [0.25, 0.3) is 5.70 Å². The van der Waals surface area contributed by atoms with Crippen molar-refractivity contribution in [3.8, 4) is 0 Å². The molecule has 2 aliphatic heterocycles. The number of carbonyl (C=O) groups excluding carboxylic acids is 1. The second-order valence-electron chi connectivity index (χ2n) is 5.77. The minimum atomic E-state index is -4.38. The third kappa shape index (κ3) is 3.34. The van der Waals surface area contributed by atoms with Gasteiger partial charge in [0.1, 0.15) is 0 Å². The van der Waals surface area contributed by atoms with Crippen LogP contribution in [0.15, 0.2) is 30.5 Å². The van der Waals surface area contributed by atoms with Gasteiger partial charge in [-0.3, -0.25) is 4.79 Å². The molecule has 23 heavy (non-hydrogen) atoms. The molecule has 1 saturated heterocycles. The molecule has 124 valence electrons. The summed E-state index contributed by atoms with van der Waals surface area (Å²) in [6.45, 7) is 1.75. The molecule has 7 heteroatoms. The van der Waals surface area contributed by atoms with Crippen LogP contribution in [0.2, 0.25) is 0 Å². The minimum absolute atomic E-state index is 0.210. The third-order valence-electron chi connectivity index (χ3n) is 4.26.